The number of nitrogens with zero attached hydrogens (tertiary/aromatic N) is 4. The summed E-state index contributed by atoms with van der Waals surface area (Å²) in [4.78, 5) is 25.5. The second-order valence-corrected chi connectivity index (χ2v) is 8.12. The average molecular weight is 436 g/mol. The van der Waals surface area contributed by atoms with Crippen molar-refractivity contribution >= 4 is 28.5 Å². The van der Waals surface area contributed by atoms with Gasteiger partial charge in [-0.05, 0) is 25.1 Å². The molecule has 0 saturated carbocycles. The molecule has 1 aliphatic rings. The van der Waals surface area contributed by atoms with Gasteiger partial charge in [-0.15, -0.1) is 0 Å². The van der Waals surface area contributed by atoms with E-state index in [9.17, 15) is 4.79 Å². The van der Waals surface area contributed by atoms with Crippen molar-refractivity contribution in [1.29, 1.82) is 0 Å². The zero-order valence-corrected chi connectivity index (χ0v) is 17.9. The number of carbonyl (C=O) groups is 1. The van der Waals surface area contributed by atoms with Crippen LogP contribution in [0.4, 0.5) is 0 Å². The third-order valence-electron chi connectivity index (χ3n) is 5.68. The van der Waals surface area contributed by atoms with E-state index in [1.807, 2.05) is 47.4 Å². The lowest BCUT2D eigenvalue weighted by Gasteiger charge is -2.34. The lowest BCUT2D eigenvalue weighted by Crippen LogP contribution is -2.48. The Morgan fingerprint density at radius 3 is 2.61 bits per heavy atom. The van der Waals surface area contributed by atoms with E-state index in [1.54, 1.807) is 13.0 Å². The molecule has 0 bridgehead atoms. The predicted octanol–water partition coefficient (Wildman–Crippen LogP) is 4.14. The van der Waals surface area contributed by atoms with Gasteiger partial charge in [0.15, 0.2) is 0 Å². The van der Waals surface area contributed by atoms with E-state index in [2.05, 4.69) is 20.0 Å². The molecule has 8 heteroatoms. The van der Waals surface area contributed by atoms with Crippen molar-refractivity contribution in [1.82, 2.24) is 24.9 Å². The number of aromatic nitrogens is 3. The summed E-state index contributed by atoms with van der Waals surface area (Å²) in [7, 11) is 0. The molecule has 158 valence electrons. The second-order valence-electron chi connectivity index (χ2n) is 7.71. The Balaban J connectivity index is 1.28. The number of fused-ring (bicyclic) bond motifs is 1. The number of rotatable bonds is 4. The number of para-hydroxylation sites is 2. The van der Waals surface area contributed by atoms with Crippen molar-refractivity contribution < 1.29 is 9.32 Å². The van der Waals surface area contributed by atoms with E-state index in [0.29, 0.717) is 40.7 Å². The highest BCUT2D eigenvalue weighted by Gasteiger charge is 2.29. The van der Waals surface area contributed by atoms with E-state index in [1.165, 1.54) is 0 Å². The zero-order chi connectivity index (χ0) is 21.4. The summed E-state index contributed by atoms with van der Waals surface area (Å²) in [5.74, 6) is 1.37. The van der Waals surface area contributed by atoms with Gasteiger partial charge in [-0.3, -0.25) is 9.69 Å². The maximum atomic E-state index is 13.3. The first-order valence-electron chi connectivity index (χ1n) is 10.3. The molecule has 1 N–H and O–H groups in total. The molecule has 1 saturated heterocycles. The fourth-order valence-corrected chi connectivity index (χ4v) is 4.25. The topological polar surface area (TPSA) is 78.3 Å². The molecule has 4 aromatic rings. The third kappa shape index (κ3) is 3.82. The van der Waals surface area contributed by atoms with Gasteiger partial charge in [0, 0.05) is 31.7 Å². The van der Waals surface area contributed by atoms with Crippen LogP contribution < -0.4 is 0 Å². The van der Waals surface area contributed by atoms with Gasteiger partial charge in [-0.2, -0.15) is 0 Å². The Kier molecular flexibility index (Phi) is 5.21. The number of hydrogen-bond donors (Lipinski definition) is 1. The summed E-state index contributed by atoms with van der Waals surface area (Å²) >= 11 is 6.33. The number of imidazole rings is 1. The second kappa shape index (κ2) is 8.17. The third-order valence-corrected chi connectivity index (χ3v) is 6.01. The minimum absolute atomic E-state index is 0.0722. The van der Waals surface area contributed by atoms with Crippen molar-refractivity contribution in [3.05, 3.63) is 70.7 Å². The SMILES string of the molecule is Cc1onc(-c2ccccc2Cl)c1C(=O)N1CCN(Cc2nc3ccccc3[nH]2)CC1. The molecule has 2 aromatic carbocycles. The molecule has 1 fully saturated rings. The van der Waals surface area contributed by atoms with E-state index >= 15 is 0 Å². The Labute approximate surface area is 184 Å². The highest BCUT2D eigenvalue weighted by Crippen LogP contribution is 2.32. The van der Waals surface area contributed by atoms with Gasteiger partial charge >= 0.3 is 0 Å². The lowest BCUT2D eigenvalue weighted by molar-refractivity contribution is 0.0625. The molecular weight excluding hydrogens is 414 g/mol. The first kappa shape index (κ1) is 19.8. The predicted molar refractivity (Wildman–Crippen MR) is 119 cm³/mol. The first-order valence-corrected chi connectivity index (χ1v) is 10.6. The highest BCUT2D eigenvalue weighted by atomic mass is 35.5. The van der Waals surface area contributed by atoms with Crippen molar-refractivity contribution in [2.45, 2.75) is 13.5 Å². The van der Waals surface area contributed by atoms with Crippen molar-refractivity contribution in [3.63, 3.8) is 0 Å². The highest BCUT2D eigenvalue weighted by molar-refractivity contribution is 6.33. The molecule has 0 atom stereocenters. The largest absolute Gasteiger partial charge is 0.360 e. The van der Waals surface area contributed by atoms with Crippen LogP contribution in [0.25, 0.3) is 22.3 Å². The molecule has 31 heavy (non-hydrogen) atoms. The number of piperazine rings is 1. The molecule has 0 unspecified atom stereocenters. The number of halogens is 1. The van der Waals surface area contributed by atoms with E-state index in [0.717, 1.165) is 36.5 Å². The van der Waals surface area contributed by atoms with Crippen molar-refractivity contribution in [3.8, 4) is 11.3 Å². The summed E-state index contributed by atoms with van der Waals surface area (Å²) in [6.45, 7) is 5.30. The van der Waals surface area contributed by atoms with Gasteiger partial charge in [-0.1, -0.05) is 47.1 Å². The van der Waals surface area contributed by atoms with Crippen LogP contribution in [-0.4, -0.2) is 57.0 Å². The molecule has 1 amide bonds. The van der Waals surface area contributed by atoms with E-state index in [4.69, 9.17) is 16.1 Å². The number of aromatic amines is 1. The Bertz CT molecular complexity index is 1210. The molecule has 1 aliphatic heterocycles. The summed E-state index contributed by atoms with van der Waals surface area (Å²) in [6, 6.07) is 15.4. The van der Waals surface area contributed by atoms with Gasteiger partial charge in [0.25, 0.3) is 5.91 Å². The summed E-state index contributed by atoms with van der Waals surface area (Å²) in [6.07, 6.45) is 0. The molecule has 0 radical (unpaired) electrons. The van der Waals surface area contributed by atoms with Crippen LogP contribution in [0.3, 0.4) is 0 Å². The van der Waals surface area contributed by atoms with Crippen LogP contribution in [0, 0.1) is 6.92 Å². The summed E-state index contributed by atoms with van der Waals surface area (Å²) in [5.41, 5.74) is 3.70. The van der Waals surface area contributed by atoms with Crippen LogP contribution in [0.5, 0.6) is 0 Å². The molecule has 0 aliphatic carbocycles. The minimum Gasteiger partial charge on any atom is -0.360 e. The Morgan fingerprint density at radius 1 is 1.10 bits per heavy atom. The number of H-pyrrole nitrogens is 1. The van der Waals surface area contributed by atoms with Gasteiger partial charge in [0.2, 0.25) is 0 Å². The monoisotopic (exact) mass is 435 g/mol. The van der Waals surface area contributed by atoms with Gasteiger partial charge in [-0.25, -0.2) is 4.98 Å². The summed E-state index contributed by atoms with van der Waals surface area (Å²) < 4.78 is 5.37. The molecule has 7 nitrogen and oxygen atoms in total. The van der Waals surface area contributed by atoms with Gasteiger partial charge in [0.1, 0.15) is 22.8 Å². The number of hydrogen-bond acceptors (Lipinski definition) is 5. The van der Waals surface area contributed by atoms with Crippen molar-refractivity contribution in [2.24, 2.45) is 0 Å². The number of benzene rings is 2. The van der Waals surface area contributed by atoms with Gasteiger partial charge in [0.05, 0.1) is 22.6 Å². The molecular formula is C23H22ClN5O2. The van der Waals surface area contributed by atoms with Crippen LogP contribution >= 0.6 is 11.6 Å². The lowest BCUT2D eigenvalue weighted by atomic mass is 10.0. The van der Waals surface area contributed by atoms with E-state index < -0.39 is 0 Å². The molecule has 0 spiro atoms. The summed E-state index contributed by atoms with van der Waals surface area (Å²) in [5, 5.41) is 4.67. The quantitative estimate of drug-likeness (QED) is 0.521. The number of nitrogens with one attached hydrogen (secondary N) is 1. The standard InChI is InChI=1S/C23H22ClN5O2/c1-15-21(22(27-31-15)16-6-2-3-7-17(16)24)23(30)29-12-10-28(11-13-29)14-20-25-18-8-4-5-9-19(18)26-20/h2-9H,10-14H2,1H3,(H,25,26). The normalized spacial score (nSPS) is 15.0. The average Bonchev–Trinajstić information content (AvgIpc) is 3.37. The van der Waals surface area contributed by atoms with Crippen LogP contribution in [0.2, 0.25) is 5.02 Å². The molecule has 2 aromatic heterocycles. The zero-order valence-electron chi connectivity index (χ0n) is 17.1. The molecule has 5 rings (SSSR count). The fraction of sp³-hybridized carbons (Fsp3) is 0.261. The maximum absolute atomic E-state index is 13.3. The van der Waals surface area contributed by atoms with Gasteiger partial charge < -0.3 is 14.4 Å². The minimum atomic E-state index is -0.0722. The number of amides is 1. The van der Waals surface area contributed by atoms with Crippen LogP contribution in [-0.2, 0) is 6.54 Å². The Morgan fingerprint density at radius 2 is 1.84 bits per heavy atom. The van der Waals surface area contributed by atoms with E-state index in [-0.39, 0.29) is 5.91 Å². The number of carbonyl (C=O) groups excluding carboxylic acids is 1. The van der Waals surface area contributed by atoms with Crippen LogP contribution in [0.15, 0.2) is 53.1 Å². The fourth-order valence-electron chi connectivity index (χ4n) is 4.02. The number of aryl methyl sites for hydroxylation is 1. The maximum Gasteiger partial charge on any atom is 0.259 e. The smallest absolute Gasteiger partial charge is 0.259 e. The Hall–Kier alpha value is -3.16. The van der Waals surface area contributed by atoms with Crippen LogP contribution in [0.1, 0.15) is 21.9 Å². The molecule has 3 heterocycles. The first-order chi connectivity index (χ1) is 15.1. The van der Waals surface area contributed by atoms with Crippen molar-refractivity contribution in [2.75, 3.05) is 26.2 Å².